The van der Waals surface area contributed by atoms with Crippen LogP contribution in [-0.4, -0.2) is 17.9 Å². The molecule has 4 aliphatic rings. The van der Waals surface area contributed by atoms with Gasteiger partial charge in [0.2, 0.25) is 0 Å². The molecule has 5 rings (SSSR count). The van der Waals surface area contributed by atoms with Crippen molar-refractivity contribution < 1.29 is 14.3 Å². The average Bonchev–Trinajstić information content (AvgIpc) is 3.32. The lowest BCUT2D eigenvalue weighted by Gasteiger charge is -2.58. The molecule has 1 aromatic rings. The fourth-order valence-corrected chi connectivity index (χ4v) is 9.82. The Kier molecular flexibility index (Phi) is 7.96. The lowest BCUT2D eigenvalue weighted by Crippen LogP contribution is -2.51. The molecular formula is C35H50O3. The van der Waals surface area contributed by atoms with Crippen molar-refractivity contribution in [1.29, 1.82) is 0 Å². The summed E-state index contributed by atoms with van der Waals surface area (Å²) in [6.45, 7) is 11.8. The van der Waals surface area contributed by atoms with Crippen LogP contribution in [0.1, 0.15) is 116 Å². The van der Waals surface area contributed by atoms with E-state index in [1.54, 1.807) is 0 Å². The van der Waals surface area contributed by atoms with Gasteiger partial charge >= 0.3 is 5.97 Å². The number of allylic oxidation sites excluding steroid dienone is 2. The second-order valence-electron chi connectivity index (χ2n) is 13.9. The van der Waals surface area contributed by atoms with Crippen molar-refractivity contribution in [3.63, 3.8) is 0 Å². The summed E-state index contributed by atoms with van der Waals surface area (Å²) in [6.07, 6.45) is 15.0. The minimum Gasteiger partial charge on any atom is -0.459 e. The molecular weight excluding hydrogens is 468 g/mol. The smallest absolute Gasteiger partial charge is 0.338 e. The molecule has 3 fully saturated rings. The van der Waals surface area contributed by atoms with Gasteiger partial charge in [0.05, 0.1) is 5.56 Å². The molecule has 0 radical (unpaired) electrons. The number of hydrogen-bond donors (Lipinski definition) is 0. The maximum absolute atomic E-state index is 12.8. The van der Waals surface area contributed by atoms with Gasteiger partial charge in [0.15, 0.2) is 0 Å². The maximum Gasteiger partial charge on any atom is 0.338 e. The summed E-state index contributed by atoms with van der Waals surface area (Å²) >= 11 is 0. The fourth-order valence-electron chi connectivity index (χ4n) is 9.82. The Balaban J connectivity index is 1.27. The van der Waals surface area contributed by atoms with E-state index in [-0.39, 0.29) is 17.5 Å². The van der Waals surface area contributed by atoms with Gasteiger partial charge in [-0.1, -0.05) is 64.5 Å². The highest BCUT2D eigenvalue weighted by Crippen LogP contribution is 2.68. The third-order valence-electron chi connectivity index (χ3n) is 12.0. The van der Waals surface area contributed by atoms with Crippen molar-refractivity contribution >= 4 is 11.8 Å². The van der Waals surface area contributed by atoms with Crippen molar-refractivity contribution in [2.24, 2.45) is 46.3 Å². The first-order valence-electron chi connectivity index (χ1n) is 15.7. The van der Waals surface area contributed by atoms with Gasteiger partial charge in [-0.05, 0) is 116 Å². The van der Waals surface area contributed by atoms with Gasteiger partial charge in [0.1, 0.15) is 11.9 Å². The van der Waals surface area contributed by atoms with E-state index in [0.29, 0.717) is 28.6 Å². The summed E-state index contributed by atoms with van der Waals surface area (Å²) in [5.74, 6) is 4.36. The number of Topliss-reactive ketones (excluding diaryl/α,β-unsaturated/α-hetero) is 1. The average molecular weight is 519 g/mol. The Morgan fingerprint density at radius 3 is 2.50 bits per heavy atom. The normalized spacial score (nSPS) is 36.1. The van der Waals surface area contributed by atoms with E-state index in [0.717, 1.165) is 55.8 Å². The zero-order valence-corrected chi connectivity index (χ0v) is 24.5. The van der Waals surface area contributed by atoms with Crippen LogP contribution in [0.3, 0.4) is 0 Å². The van der Waals surface area contributed by atoms with Crippen LogP contribution in [0, 0.1) is 46.3 Å². The van der Waals surface area contributed by atoms with E-state index in [9.17, 15) is 9.59 Å². The van der Waals surface area contributed by atoms with Gasteiger partial charge in [-0.15, -0.1) is 0 Å². The number of carbonyl (C=O) groups is 2. The molecule has 8 atom stereocenters. The van der Waals surface area contributed by atoms with Crippen LogP contribution in [0.4, 0.5) is 0 Å². The molecule has 0 saturated heterocycles. The monoisotopic (exact) mass is 518 g/mol. The fraction of sp³-hybridized carbons (Fsp3) is 0.714. The minimum absolute atomic E-state index is 0.0356. The second-order valence-corrected chi connectivity index (χ2v) is 13.9. The second kappa shape index (κ2) is 10.9. The first kappa shape index (κ1) is 27.7. The predicted molar refractivity (Wildman–Crippen MR) is 154 cm³/mol. The van der Waals surface area contributed by atoms with Crippen LogP contribution in [0.15, 0.2) is 42.0 Å². The number of ketones is 1. The van der Waals surface area contributed by atoms with E-state index in [2.05, 4.69) is 40.7 Å². The largest absolute Gasteiger partial charge is 0.459 e. The van der Waals surface area contributed by atoms with Crippen molar-refractivity contribution in [3.05, 3.63) is 47.5 Å². The van der Waals surface area contributed by atoms with Gasteiger partial charge in [0.25, 0.3) is 0 Å². The van der Waals surface area contributed by atoms with Crippen molar-refractivity contribution in [1.82, 2.24) is 0 Å². The van der Waals surface area contributed by atoms with Gasteiger partial charge in [0, 0.05) is 12.8 Å². The highest BCUT2D eigenvalue weighted by Gasteiger charge is 2.60. The molecule has 0 heterocycles. The van der Waals surface area contributed by atoms with Crippen LogP contribution in [0.5, 0.6) is 0 Å². The first-order chi connectivity index (χ1) is 18.2. The third kappa shape index (κ3) is 4.81. The van der Waals surface area contributed by atoms with E-state index < -0.39 is 0 Å². The summed E-state index contributed by atoms with van der Waals surface area (Å²) in [5, 5.41) is 0. The lowest BCUT2D eigenvalue weighted by atomic mass is 9.46. The first-order valence-corrected chi connectivity index (χ1v) is 15.7. The van der Waals surface area contributed by atoms with Gasteiger partial charge in [-0.25, -0.2) is 4.79 Å². The molecule has 3 nitrogen and oxygen atoms in total. The van der Waals surface area contributed by atoms with E-state index in [4.69, 9.17) is 4.74 Å². The number of ether oxygens (including phenoxy) is 1. The highest BCUT2D eigenvalue weighted by molar-refractivity contribution is 5.89. The molecule has 3 heteroatoms. The van der Waals surface area contributed by atoms with Gasteiger partial charge in [-0.3, -0.25) is 4.79 Å². The zero-order valence-electron chi connectivity index (χ0n) is 24.5. The standard InChI is InChI=1S/C35H50O3/c1-6-35-21-19-30-28(14-13-26-22-27(36)18-20-34(26,30)5)31(35)16-15-29(35)24(4)12-17-32(23(2)3)38-33(37)25-10-8-7-9-11-25/h7-11,13,23-24,28-32H,6,12,14-22H2,1-5H3/t24-,28-,29-,30+,31+,32?,34+,35-/m1/s1. The Bertz CT molecular complexity index is 1040. The molecule has 1 aromatic carbocycles. The van der Waals surface area contributed by atoms with E-state index >= 15 is 0 Å². The Hall–Kier alpha value is -1.90. The molecule has 0 amide bonds. The van der Waals surface area contributed by atoms with Crippen LogP contribution in [-0.2, 0) is 9.53 Å². The summed E-state index contributed by atoms with van der Waals surface area (Å²) in [6, 6.07) is 9.42. The van der Waals surface area contributed by atoms with Crippen molar-refractivity contribution in [3.8, 4) is 0 Å². The summed E-state index contributed by atoms with van der Waals surface area (Å²) < 4.78 is 6.04. The highest BCUT2D eigenvalue weighted by atomic mass is 16.5. The maximum atomic E-state index is 12.8. The molecule has 1 unspecified atom stereocenters. The number of fused-ring (bicyclic) bond motifs is 5. The topological polar surface area (TPSA) is 43.4 Å². The van der Waals surface area contributed by atoms with Crippen molar-refractivity contribution in [2.45, 2.75) is 111 Å². The quantitative estimate of drug-likeness (QED) is 0.255. The lowest BCUT2D eigenvalue weighted by molar-refractivity contribution is -0.122. The number of rotatable bonds is 8. The van der Waals surface area contributed by atoms with E-state index in [1.165, 1.54) is 44.1 Å². The van der Waals surface area contributed by atoms with E-state index in [1.807, 2.05) is 30.3 Å². The van der Waals surface area contributed by atoms with Crippen LogP contribution < -0.4 is 0 Å². The molecule has 208 valence electrons. The van der Waals surface area contributed by atoms with Gasteiger partial charge < -0.3 is 4.74 Å². The molecule has 0 bridgehead atoms. The summed E-state index contributed by atoms with van der Waals surface area (Å²) in [5.41, 5.74) is 2.84. The van der Waals surface area contributed by atoms with Crippen LogP contribution >= 0.6 is 0 Å². The number of hydrogen-bond acceptors (Lipinski definition) is 3. The number of carbonyl (C=O) groups excluding carboxylic acids is 2. The Labute approximate surface area is 231 Å². The van der Waals surface area contributed by atoms with Crippen LogP contribution in [0.25, 0.3) is 0 Å². The Morgan fingerprint density at radius 1 is 1.03 bits per heavy atom. The third-order valence-corrected chi connectivity index (χ3v) is 12.0. The van der Waals surface area contributed by atoms with Crippen molar-refractivity contribution in [2.75, 3.05) is 0 Å². The van der Waals surface area contributed by atoms with Crippen LogP contribution in [0.2, 0.25) is 0 Å². The molecule has 0 spiro atoms. The zero-order chi connectivity index (χ0) is 27.1. The molecule has 0 aliphatic heterocycles. The molecule has 0 N–H and O–H groups in total. The molecule has 38 heavy (non-hydrogen) atoms. The summed E-state index contributed by atoms with van der Waals surface area (Å²) in [7, 11) is 0. The Morgan fingerprint density at radius 2 is 1.79 bits per heavy atom. The molecule has 4 aliphatic carbocycles. The summed E-state index contributed by atoms with van der Waals surface area (Å²) in [4.78, 5) is 25.0. The number of esters is 1. The molecule has 3 saturated carbocycles. The number of benzene rings is 1. The molecule has 0 aromatic heterocycles. The SMILES string of the molecule is CC[C@]12CC[C@H]3[C@@H](CC=C4CC(=O)CC[C@@]43C)[C@@H]1CC[C@@H]2[C@H](C)CCC(OC(=O)c1ccccc1)C(C)C. The minimum atomic E-state index is -0.191. The predicted octanol–water partition coefficient (Wildman–Crippen LogP) is 8.82. The van der Waals surface area contributed by atoms with Gasteiger partial charge in [-0.2, -0.15) is 0 Å².